The molecule has 1 N–H and O–H groups in total. The van der Waals surface area contributed by atoms with E-state index in [2.05, 4.69) is 10.2 Å². The summed E-state index contributed by atoms with van der Waals surface area (Å²) in [5.41, 5.74) is 0. The normalized spacial score (nSPS) is 32.2. The SMILES string of the molecule is CNC(=O)C(C)N1C2CCCC1CC(=O)C2. The highest BCUT2D eigenvalue weighted by atomic mass is 16.2. The van der Waals surface area contributed by atoms with E-state index in [0.717, 1.165) is 12.8 Å². The number of amides is 1. The van der Waals surface area contributed by atoms with Gasteiger partial charge in [0.05, 0.1) is 6.04 Å². The smallest absolute Gasteiger partial charge is 0.236 e. The highest BCUT2D eigenvalue weighted by Crippen LogP contribution is 2.33. The average molecular weight is 224 g/mol. The minimum absolute atomic E-state index is 0.0613. The Morgan fingerprint density at radius 1 is 1.38 bits per heavy atom. The standard InChI is InChI=1S/C12H20N2O2/c1-8(12(16)13-2)14-9-4-3-5-10(14)7-11(15)6-9/h8-10H,3-7H2,1-2H3,(H,13,16). The second-order valence-electron chi connectivity index (χ2n) is 4.92. The Morgan fingerprint density at radius 3 is 2.44 bits per heavy atom. The summed E-state index contributed by atoms with van der Waals surface area (Å²) >= 11 is 0. The van der Waals surface area contributed by atoms with Gasteiger partial charge in [-0.2, -0.15) is 0 Å². The molecule has 4 heteroatoms. The fourth-order valence-electron chi connectivity index (χ4n) is 3.19. The van der Waals surface area contributed by atoms with Gasteiger partial charge in [0.25, 0.3) is 0 Å². The Bertz CT molecular complexity index is 287. The van der Waals surface area contributed by atoms with Crippen LogP contribution in [-0.2, 0) is 9.59 Å². The first-order valence-corrected chi connectivity index (χ1v) is 6.14. The van der Waals surface area contributed by atoms with Crippen LogP contribution in [0.4, 0.5) is 0 Å². The van der Waals surface area contributed by atoms with Crippen molar-refractivity contribution in [3.63, 3.8) is 0 Å². The van der Waals surface area contributed by atoms with Crippen LogP contribution in [0.5, 0.6) is 0 Å². The van der Waals surface area contributed by atoms with Crippen molar-refractivity contribution in [1.29, 1.82) is 0 Å². The lowest BCUT2D eigenvalue weighted by molar-refractivity contribution is -0.137. The largest absolute Gasteiger partial charge is 0.358 e. The van der Waals surface area contributed by atoms with E-state index in [1.807, 2.05) is 6.92 Å². The molecule has 3 atom stereocenters. The molecule has 2 fully saturated rings. The monoisotopic (exact) mass is 224 g/mol. The van der Waals surface area contributed by atoms with Crippen molar-refractivity contribution >= 4 is 11.7 Å². The fraction of sp³-hybridized carbons (Fsp3) is 0.833. The van der Waals surface area contributed by atoms with Crippen molar-refractivity contribution in [1.82, 2.24) is 10.2 Å². The Labute approximate surface area is 96.4 Å². The molecule has 2 saturated heterocycles. The molecule has 0 aliphatic carbocycles. The summed E-state index contributed by atoms with van der Waals surface area (Å²) in [6.45, 7) is 1.94. The van der Waals surface area contributed by atoms with Gasteiger partial charge in [0.2, 0.25) is 5.91 Å². The van der Waals surface area contributed by atoms with E-state index in [-0.39, 0.29) is 11.9 Å². The minimum Gasteiger partial charge on any atom is -0.358 e. The molecule has 4 nitrogen and oxygen atoms in total. The van der Waals surface area contributed by atoms with Crippen molar-refractivity contribution in [3.8, 4) is 0 Å². The number of Topliss-reactive ketones (excluding diaryl/α,β-unsaturated/α-hetero) is 1. The highest BCUT2D eigenvalue weighted by molar-refractivity contribution is 5.83. The van der Waals surface area contributed by atoms with Crippen LogP contribution < -0.4 is 5.32 Å². The van der Waals surface area contributed by atoms with Crippen LogP contribution in [0, 0.1) is 0 Å². The molecule has 2 rings (SSSR count). The van der Waals surface area contributed by atoms with Crippen molar-refractivity contribution in [2.75, 3.05) is 7.05 Å². The van der Waals surface area contributed by atoms with E-state index >= 15 is 0 Å². The quantitative estimate of drug-likeness (QED) is 0.751. The zero-order valence-corrected chi connectivity index (χ0v) is 10.0. The van der Waals surface area contributed by atoms with Gasteiger partial charge in [0, 0.05) is 32.0 Å². The van der Waals surface area contributed by atoms with E-state index in [1.54, 1.807) is 7.05 Å². The maximum Gasteiger partial charge on any atom is 0.236 e. The first kappa shape index (κ1) is 11.6. The van der Waals surface area contributed by atoms with Crippen LogP contribution in [0.25, 0.3) is 0 Å². The van der Waals surface area contributed by atoms with Crippen LogP contribution in [0.2, 0.25) is 0 Å². The van der Waals surface area contributed by atoms with Crippen molar-refractivity contribution in [2.45, 2.75) is 57.2 Å². The Balaban J connectivity index is 2.14. The molecule has 2 bridgehead atoms. The molecule has 2 heterocycles. The third-order valence-electron chi connectivity index (χ3n) is 3.92. The number of carbonyl (C=O) groups excluding carboxylic acids is 2. The zero-order valence-electron chi connectivity index (χ0n) is 10.0. The Morgan fingerprint density at radius 2 is 1.94 bits per heavy atom. The van der Waals surface area contributed by atoms with Crippen molar-refractivity contribution < 1.29 is 9.59 Å². The predicted molar refractivity (Wildman–Crippen MR) is 61.0 cm³/mol. The highest BCUT2D eigenvalue weighted by Gasteiger charge is 2.41. The summed E-state index contributed by atoms with van der Waals surface area (Å²) in [4.78, 5) is 25.5. The number of fused-ring (bicyclic) bond motifs is 2. The number of likely N-dealkylation sites (N-methyl/N-ethyl adjacent to an activating group) is 1. The van der Waals surface area contributed by atoms with Crippen LogP contribution in [-0.4, -0.2) is 41.8 Å². The lowest BCUT2D eigenvalue weighted by Gasteiger charge is -2.47. The van der Waals surface area contributed by atoms with Gasteiger partial charge < -0.3 is 5.32 Å². The molecule has 2 aliphatic rings. The van der Waals surface area contributed by atoms with Gasteiger partial charge in [-0.15, -0.1) is 0 Å². The molecule has 90 valence electrons. The number of hydrogen-bond donors (Lipinski definition) is 1. The van der Waals surface area contributed by atoms with Crippen LogP contribution in [0.15, 0.2) is 0 Å². The number of hydrogen-bond acceptors (Lipinski definition) is 3. The summed E-state index contributed by atoms with van der Waals surface area (Å²) in [6, 6.07) is 0.494. The second-order valence-corrected chi connectivity index (χ2v) is 4.92. The van der Waals surface area contributed by atoms with Crippen LogP contribution >= 0.6 is 0 Å². The summed E-state index contributed by atoms with van der Waals surface area (Å²) in [7, 11) is 1.67. The number of ketones is 1. The number of rotatable bonds is 2. The molecule has 16 heavy (non-hydrogen) atoms. The summed E-state index contributed by atoms with van der Waals surface area (Å²) in [6.07, 6.45) is 4.59. The second kappa shape index (κ2) is 4.53. The van der Waals surface area contributed by atoms with Gasteiger partial charge >= 0.3 is 0 Å². The third-order valence-corrected chi connectivity index (χ3v) is 3.92. The number of piperidine rings is 2. The topological polar surface area (TPSA) is 49.4 Å². The zero-order chi connectivity index (χ0) is 11.7. The Hall–Kier alpha value is -0.900. The lowest BCUT2D eigenvalue weighted by Crippen LogP contribution is -2.59. The first-order valence-electron chi connectivity index (χ1n) is 6.14. The maximum atomic E-state index is 11.7. The fourth-order valence-corrected chi connectivity index (χ4v) is 3.19. The molecule has 0 aromatic carbocycles. The number of nitrogens with zero attached hydrogens (tertiary/aromatic N) is 1. The molecular formula is C12H20N2O2. The van der Waals surface area contributed by atoms with Crippen LogP contribution in [0.3, 0.4) is 0 Å². The van der Waals surface area contributed by atoms with Gasteiger partial charge in [-0.25, -0.2) is 0 Å². The molecule has 2 aliphatic heterocycles. The van der Waals surface area contributed by atoms with E-state index in [4.69, 9.17) is 0 Å². The van der Waals surface area contributed by atoms with E-state index in [0.29, 0.717) is 30.7 Å². The van der Waals surface area contributed by atoms with E-state index in [9.17, 15) is 9.59 Å². The van der Waals surface area contributed by atoms with Crippen LogP contribution in [0.1, 0.15) is 39.0 Å². The van der Waals surface area contributed by atoms with Gasteiger partial charge in [-0.05, 0) is 19.8 Å². The van der Waals surface area contributed by atoms with E-state index < -0.39 is 0 Å². The summed E-state index contributed by atoms with van der Waals surface area (Å²) in [5, 5.41) is 2.70. The van der Waals surface area contributed by atoms with Gasteiger partial charge in [-0.1, -0.05) is 6.42 Å². The van der Waals surface area contributed by atoms with Gasteiger partial charge in [-0.3, -0.25) is 14.5 Å². The first-order chi connectivity index (χ1) is 7.63. The lowest BCUT2D eigenvalue weighted by atomic mass is 9.82. The third kappa shape index (κ3) is 1.98. The predicted octanol–water partition coefficient (Wildman–Crippen LogP) is 0.707. The molecule has 0 saturated carbocycles. The van der Waals surface area contributed by atoms with Gasteiger partial charge in [0.1, 0.15) is 5.78 Å². The Kier molecular flexibility index (Phi) is 3.28. The molecule has 3 unspecified atom stereocenters. The van der Waals surface area contributed by atoms with E-state index in [1.165, 1.54) is 6.42 Å². The summed E-state index contributed by atoms with van der Waals surface area (Å²) in [5.74, 6) is 0.432. The molecule has 0 radical (unpaired) electrons. The number of nitrogens with one attached hydrogen (secondary N) is 1. The summed E-state index contributed by atoms with van der Waals surface area (Å²) < 4.78 is 0. The maximum absolute atomic E-state index is 11.7. The minimum atomic E-state index is -0.103. The molecule has 0 spiro atoms. The molecule has 1 amide bonds. The molecular weight excluding hydrogens is 204 g/mol. The molecule has 0 aromatic rings. The molecule has 0 aromatic heterocycles. The number of carbonyl (C=O) groups is 2. The van der Waals surface area contributed by atoms with Gasteiger partial charge in [0.15, 0.2) is 0 Å². The van der Waals surface area contributed by atoms with Crippen molar-refractivity contribution in [2.24, 2.45) is 0 Å². The average Bonchev–Trinajstić information content (AvgIpc) is 2.25. The van der Waals surface area contributed by atoms with Crippen molar-refractivity contribution in [3.05, 3.63) is 0 Å².